The van der Waals surface area contributed by atoms with Crippen LogP contribution in [0.1, 0.15) is 38.8 Å². The molecule has 0 amide bonds. The van der Waals surface area contributed by atoms with Crippen LogP contribution in [-0.2, 0) is 13.1 Å². The van der Waals surface area contributed by atoms with E-state index < -0.39 is 0 Å². The maximum Gasteiger partial charge on any atom is 0.0948 e. The summed E-state index contributed by atoms with van der Waals surface area (Å²) in [6.07, 6.45) is 7.93. The molecule has 1 aromatic heterocycles. The Hall–Kier alpha value is -0.830. The normalized spacial score (nSPS) is 26.0. The largest absolute Gasteiger partial charge is 0.334 e. The number of nitrogens with one attached hydrogen (secondary N) is 1. The van der Waals surface area contributed by atoms with Gasteiger partial charge in [0.05, 0.1) is 12.0 Å². The van der Waals surface area contributed by atoms with Gasteiger partial charge in [0.1, 0.15) is 0 Å². The van der Waals surface area contributed by atoms with E-state index in [4.69, 9.17) is 0 Å². The summed E-state index contributed by atoms with van der Waals surface area (Å²) in [4.78, 5) is 4.18. The van der Waals surface area contributed by atoms with Gasteiger partial charge in [-0.3, -0.25) is 0 Å². The summed E-state index contributed by atoms with van der Waals surface area (Å²) in [7, 11) is 0. The summed E-state index contributed by atoms with van der Waals surface area (Å²) in [5.74, 6) is 0.901. The van der Waals surface area contributed by atoms with Crippen molar-refractivity contribution in [3.63, 3.8) is 0 Å². The van der Waals surface area contributed by atoms with Crippen molar-refractivity contribution in [2.45, 2.75) is 52.2 Å². The Morgan fingerprint density at radius 3 is 3.07 bits per heavy atom. The van der Waals surface area contributed by atoms with E-state index in [0.717, 1.165) is 25.0 Å². The predicted octanol–water partition coefficient (Wildman–Crippen LogP) is 2.18. The van der Waals surface area contributed by atoms with Gasteiger partial charge in [0.25, 0.3) is 0 Å². The van der Waals surface area contributed by atoms with Crippen LogP contribution in [0.25, 0.3) is 0 Å². The predicted molar refractivity (Wildman–Crippen MR) is 61.5 cm³/mol. The van der Waals surface area contributed by atoms with Gasteiger partial charge in [-0.25, -0.2) is 4.98 Å². The first-order chi connectivity index (χ1) is 7.29. The molecule has 1 saturated carbocycles. The van der Waals surface area contributed by atoms with Crippen LogP contribution in [0.15, 0.2) is 12.5 Å². The van der Waals surface area contributed by atoms with Crippen molar-refractivity contribution >= 4 is 0 Å². The van der Waals surface area contributed by atoms with Gasteiger partial charge in [0.2, 0.25) is 0 Å². The minimum Gasteiger partial charge on any atom is -0.334 e. The molecule has 0 spiro atoms. The van der Waals surface area contributed by atoms with E-state index in [0.29, 0.717) is 0 Å². The second-order valence-corrected chi connectivity index (χ2v) is 4.67. The minimum atomic E-state index is 0.722. The van der Waals surface area contributed by atoms with Gasteiger partial charge in [0, 0.05) is 25.3 Å². The lowest BCUT2D eigenvalue weighted by Gasteiger charge is -2.13. The highest BCUT2D eigenvalue weighted by Gasteiger charge is 2.20. The third-order valence-electron chi connectivity index (χ3n) is 3.41. The number of aryl methyl sites for hydroxylation is 1. The highest BCUT2D eigenvalue weighted by molar-refractivity contribution is 4.98. The molecule has 2 rings (SSSR count). The fourth-order valence-corrected chi connectivity index (χ4v) is 2.42. The lowest BCUT2D eigenvalue weighted by Crippen LogP contribution is -2.26. The summed E-state index contributed by atoms with van der Waals surface area (Å²) in [5.41, 5.74) is 1.30. The maximum absolute atomic E-state index is 4.18. The number of rotatable bonds is 4. The van der Waals surface area contributed by atoms with E-state index in [1.165, 1.54) is 25.0 Å². The van der Waals surface area contributed by atoms with E-state index in [1.807, 2.05) is 12.5 Å². The number of imidazole rings is 1. The van der Waals surface area contributed by atoms with Crippen LogP contribution in [0.3, 0.4) is 0 Å². The molecule has 15 heavy (non-hydrogen) atoms. The Morgan fingerprint density at radius 2 is 2.40 bits per heavy atom. The van der Waals surface area contributed by atoms with Gasteiger partial charge >= 0.3 is 0 Å². The summed E-state index contributed by atoms with van der Waals surface area (Å²) in [6, 6.07) is 0.722. The zero-order chi connectivity index (χ0) is 10.7. The second-order valence-electron chi connectivity index (χ2n) is 4.67. The summed E-state index contributed by atoms with van der Waals surface area (Å²) in [5, 5.41) is 3.63. The van der Waals surface area contributed by atoms with Crippen molar-refractivity contribution in [2.24, 2.45) is 5.92 Å². The van der Waals surface area contributed by atoms with Crippen LogP contribution < -0.4 is 5.32 Å². The molecule has 0 aromatic carbocycles. The van der Waals surface area contributed by atoms with Crippen molar-refractivity contribution in [3.8, 4) is 0 Å². The van der Waals surface area contributed by atoms with E-state index in [-0.39, 0.29) is 0 Å². The molecule has 0 aliphatic heterocycles. The standard InChI is InChI=1S/C12H21N3/c1-3-15-9-13-7-12(15)8-14-11-5-4-10(2)6-11/h7,9-11,14H,3-6,8H2,1-2H3. The van der Waals surface area contributed by atoms with E-state index in [2.05, 4.69) is 28.7 Å². The Bertz CT molecular complexity index is 306. The van der Waals surface area contributed by atoms with Crippen LogP contribution in [0, 0.1) is 5.92 Å². The third kappa shape index (κ3) is 2.59. The Kier molecular flexibility index (Phi) is 3.41. The Labute approximate surface area is 91.9 Å². The van der Waals surface area contributed by atoms with Gasteiger partial charge in [-0.15, -0.1) is 0 Å². The van der Waals surface area contributed by atoms with Crippen LogP contribution in [0.4, 0.5) is 0 Å². The first kappa shape index (κ1) is 10.7. The fourth-order valence-electron chi connectivity index (χ4n) is 2.42. The molecule has 3 nitrogen and oxygen atoms in total. The molecule has 2 atom stereocenters. The zero-order valence-electron chi connectivity index (χ0n) is 9.74. The molecular formula is C12H21N3. The molecule has 0 bridgehead atoms. The zero-order valence-corrected chi connectivity index (χ0v) is 9.74. The lowest BCUT2D eigenvalue weighted by atomic mass is 10.1. The van der Waals surface area contributed by atoms with Gasteiger partial charge in [-0.1, -0.05) is 6.92 Å². The third-order valence-corrected chi connectivity index (χ3v) is 3.41. The number of aromatic nitrogens is 2. The molecule has 0 radical (unpaired) electrons. The summed E-state index contributed by atoms with van der Waals surface area (Å²) in [6.45, 7) is 6.48. The fraction of sp³-hybridized carbons (Fsp3) is 0.750. The SMILES string of the molecule is CCn1cncc1CNC1CCC(C)C1. The maximum atomic E-state index is 4.18. The summed E-state index contributed by atoms with van der Waals surface area (Å²) < 4.78 is 2.20. The number of nitrogens with zero attached hydrogens (tertiary/aromatic N) is 2. The molecule has 1 aromatic rings. The van der Waals surface area contributed by atoms with Gasteiger partial charge in [-0.05, 0) is 32.1 Å². The van der Waals surface area contributed by atoms with E-state index in [1.54, 1.807) is 0 Å². The van der Waals surface area contributed by atoms with Crippen LogP contribution in [0.2, 0.25) is 0 Å². The molecule has 1 heterocycles. The van der Waals surface area contributed by atoms with E-state index >= 15 is 0 Å². The minimum absolute atomic E-state index is 0.722. The highest BCUT2D eigenvalue weighted by Crippen LogP contribution is 2.24. The van der Waals surface area contributed by atoms with Gasteiger partial charge in [0.15, 0.2) is 0 Å². The molecule has 1 aliphatic carbocycles. The van der Waals surface area contributed by atoms with Crippen molar-refractivity contribution in [3.05, 3.63) is 18.2 Å². The topological polar surface area (TPSA) is 29.9 Å². The van der Waals surface area contributed by atoms with Crippen molar-refractivity contribution < 1.29 is 0 Å². The molecule has 84 valence electrons. The lowest BCUT2D eigenvalue weighted by molar-refractivity contribution is 0.490. The smallest absolute Gasteiger partial charge is 0.0948 e. The molecule has 2 unspecified atom stereocenters. The van der Waals surface area contributed by atoms with Crippen LogP contribution >= 0.6 is 0 Å². The summed E-state index contributed by atoms with van der Waals surface area (Å²) >= 11 is 0. The quantitative estimate of drug-likeness (QED) is 0.820. The average molecular weight is 207 g/mol. The first-order valence-corrected chi connectivity index (χ1v) is 6.02. The van der Waals surface area contributed by atoms with E-state index in [9.17, 15) is 0 Å². The molecule has 1 N–H and O–H groups in total. The average Bonchev–Trinajstić information content (AvgIpc) is 2.83. The highest BCUT2D eigenvalue weighted by atomic mass is 15.1. The molecule has 3 heteroatoms. The number of hydrogen-bond acceptors (Lipinski definition) is 2. The van der Waals surface area contributed by atoms with Crippen molar-refractivity contribution in [2.75, 3.05) is 0 Å². The van der Waals surface area contributed by atoms with Crippen LogP contribution in [0.5, 0.6) is 0 Å². The Balaban J connectivity index is 1.83. The second kappa shape index (κ2) is 4.79. The van der Waals surface area contributed by atoms with Crippen molar-refractivity contribution in [1.29, 1.82) is 0 Å². The Morgan fingerprint density at radius 1 is 1.53 bits per heavy atom. The van der Waals surface area contributed by atoms with Gasteiger partial charge in [-0.2, -0.15) is 0 Å². The molecule has 1 aliphatic rings. The van der Waals surface area contributed by atoms with Crippen molar-refractivity contribution in [1.82, 2.24) is 14.9 Å². The molecule has 0 saturated heterocycles. The molecule has 1 fully saturated rings. The number of hydrogen-bond donors (Lipinski definition) is 1. The monoisotopic (exact) mass is 207 g/mol. The van der Waals surface area contributed by atoms with Gasteiger partial charge < -0.3 is 9.88 Å². The molecular weight excluding hydrogens is 186 g/mol. The van der Waals surface area contributed by atoms with Crippen LogP contribution in [-0.4, -0.2) is 15.6 Å². The first-order valence-electron chi connectivity index (χ1n) is 6.02.